The second-order valence-corrected chi connectivity index (χ2v) is 6.85. The Morgan fingerprint density at radius 2 is 2.06 bits per heavy atom. The topological polar surface area (TPSA) is 18.5 Å². The molecule has 0 aromatic heterocycles. The van der Waals surface area contributed by atoms with E-state index in [9.17, 15) is 0 Å². The average Bonchev–Trinajstić information content (AvgIpc) is 3.00. The van der Waals surface area contributed by atoms with Crippen molar-refractivity contribution >= 4 is 11.8 Å². The highest BCUT2D eigenvalue weighted by atomic mass is 32.2. The molecule has 1 unspecified atom stereocenters. The lowest BCUT2D eigenvalue weighted by atomic mass is 10.1. The molecule has 3 aliphatic rings. The van der Waals surface area contributed by atoms with Crippen molar-refractivity contribution in [3.63, 3.8) is 0 Å². The van der Waals surface area contributed by atoms with Crippen LogP contribution in [0.4, 0.5) is 0 Å². The van der Waals surface area contributed by atoms with Crippen LogP contribution < -0.4 is 5.32 Å². The summed E-state index contributed by atoms with van der Waals surface area (Å²) in [7, 11) is 0. The first kappa shape index (κ1) is 12.6. The van der Waals surface area contributed by atoms with E-state index in [1.165, 1.54) is 26.1 Å². The van der Waals surface area contributed by atoms with Crippen molar-refractivity contribution in [2.24, 2.45) is 5.92 Å². The number of nitrogens with zero attached hydrogens (tertiary/aromatic N) is 2. The Hall–Kier alpha value is -0.450. The van der Waals surface area contributed by atoms with Crippen molar-refractivity contribution in [1.82, 2.24) is 15.1 Å². The zero-order valence-corrected chi connectivity index (χ0v) is 12.2. The standard InChI is InChI=1S/C14H23N3S/c1-11(2)3-4-16-5-6-18-14(16)17-9-12-7-15-8-13(12)10-17/h5-6,11,14-15H,3-4,7-10H2,1-2H3. The third kappa shape index (κ3) is 2.46. The van der Waals surface area contributed by atoms with Gasteiger partial charge in [-0.15, -0.1) is 0 Å². The molecular weight excluding hydrogens is 242 g/mol. The van der Waals surface area contributed by atoms with Crippen molar-refractivity contribution in [3.05, 3.63) is 22.8 Å². The molecule has 3 nitrogen and oxygen atoms in total. The van der Waals surface area contributed by atoms with Gasteiger partial charge >= 0.3 is 0 Å². The molecule has 4 heteroatoms. The van der Waals surface area contributed by atoms with Crippen molar-refractivity contribution in [2.45, 2.75) is 25.8 Å². The summed E-state index contributed by atoms with van der Waals surface area (Å²) in [5.74, 6) is 0.788. The summed E-state index contributed by atoms with van der Waals surface area (Å²) >= 11 is 1.96. The third-order valence-corrected chi connectivity index (χ3v) is 5.07. The van der Waals surface area contributed by atoms with Gasteiger partial charge in [0.25, 0.3) is 0 Å². The molecule has 0 amide bonds. The van der Waals surface area contributed by atoms with Gasteiger partial charge in [-0.1, -0.05) is 25.6 Å². The van der Waals surface area contributed by atoms with E-state index in [0.717, 1.165) is 19.0 Å². The Kier molecular flexibility index (Phi) is 3.68. The van der Waals surface area contributed by atoms with E-state index in [1.54, 1.807) is 11.1 Å². The fraction of sp³-hybridized carbons (Fsp3) is 0.714. The first-order valence-electron chi connectivity index (χ1n) is 6.96. The van der Waals surface area contributed by atoms with Crippen LogP contribution in [-0.2, 0) is 0 Å². The lowest BCUT2D eigenvalue weighted by Gasteiger charge is -2.33. The predicted octanol–water partition coefficient (Wildman–Crippen LogP) is 2.05. The molecule has 0 spiro atoms. The summed E-state index contributed by atoms with van der Waals surface area (Å²) in [5, 5.41) is 5.71. The minimum Gasteiger partial charge on any atom is -0.353 e. The lowest BCUT2D eigenvalue weighted by Crippen LogP contribution is -2.42. The highest BCUT2D eigenvalue weighted by Gasteiger charge is 2.33. The molecule has 0 aromatic carbocycles. The molecule has 0 fully saturated rings. The quantitative estimate of drug-likeness (QED) is 0.784. The van der Waals surface area contributed by atoms with Crippen molar-refractivity contribution < 1.29 is 0 Å². The van der Waals surface area contributed by atoms with Crippen molar-refractivity contribution in [2.75, 3.05) is 32.7 Å². The average molecular weight is 265 g/mol. The Morgan fingerprint density at radius 3 is 2.72 bits per heavy atom. The Morgan fingerprint density at radius 1 is 1.33 bits per heavy atom. The van der Waals surface area contributed by atoms with Crippen LogP contribution in [0.25, 0.3) is 0 Å². The van der Waals surface area contributed by atoms with Gasteiger partial charge in [-0.05, 0) is 28.9 Å². The normalized spacial score (nSPS) is 27.9. The van der Waals surface area contributed by atoms with E-state index in [4.69, 9.17) is 0 Å². The largest absolute Gasteiger partial charge is 0.353 e. The summed E-state index contributed by atoms with van der Waals surface area (Å²) in [4.78, 5) is 5.14. The summed E-state index contributed by atoms with van der Waals surface area (Å²) in [6, 6.07) is 0. The molecule has 3 aliphatic heterocycles. The van der Waals surface area contributed by atoms with Gasteiger partial charge in [0.15, 0.2) is 0 Å². The van der Waals surface area contributed by atoms with Crippen LogP contribution in [-0.4, -0.2) is 48.0 Å². The van der Waals surface area contributed by atoms with Gasteiger partial charge < -0.3 is 10.2 Å². The molecule has 1 N–H and O–H groups in total. The van der Waals surface area contributed by atoms with Crippen LogP contribution in [0.2, 0.25) is 0 Å². The van der Waals surface area contributed by atoms with Crippen molar-refractivity contribution in [3.8, 4) is 0 Å². The minimum absolute atomic E-state index is 0.536. The number of rotatable bonds is 4. The number of nitrogens with one attached hydrogen (secondary N) is 1. The van der Waals surface area contributed by atoms with Crippen LogP contribution >= 0.6 is 11.8 Å². The maximum atomic E-state index is 3.45. The zero-order chi connectivity index (χ0) is 12.5. The second-order valence-electron chi connectivity index (χ2n) is 5.88. The van der Waals surface area contributed by atoms with Gasteiger partial charge in [0.05, 0.1) is 0 Å². The molecule has 0 aliphatic carbocycles. The molecule has 0 saturated carbocycles. The molecule has 0 bridgehead atoms. The van der Waals surface area contributed by atoms with E-state index in [1.807, 2.05) is 11.8 Å². The number of hydrogen-bond donors (Lipinski definition) is 1. The Bertz CT molecular complexity index is 359. The third-order valence-electron chi connectivity index (χ3n) is 3.98. The number of thioether (sulfide) groups is 1. The number of hydrogen-bond acceptors (Lipinski definition) is 4. The summed E-state index contributed by atoms with van der Waals surface area (Å²) in [6.07, 6.45) is 3.56. The van der Waals surface area contributed by atoms with Crippen LogP contribution in [0.1, 0.15) is 20.3 Å². The van der Waals surface area contributed by atoms with Crippen LogP contribution in [0.3, 0.4) is 0 Å². The van der Waals surface area contributed by atoms with E-state index in [2.05, 4.69) is 40.6 Å². The maximum absolute atomic E-state index is 3.45. The Labute approximate surface area is 114 Å². The first-order chi connectivity index (χ1) is 8.74. The van der Waals surface area contributed by atoms with Gasteiger partial charge in [0.2, 0.25) is 0 Å². The fourth-order valence-corrected chi connectivity index (χ4v) is 3.90. The zero-order valence-electron chi connectivity index (χ0n) is 11.4. The molecule has 0 saturated heterocycles. The SMILES string of the molecule is CC(C)CCN1C=CSC1N1CC2=C(CNC2)C1. The molecule has 3 rings (SSSR count). The lowest BCUT2D eigenvalue weighted by molar-refractivity contribution is 0.172. The van der Waals surface area contributed by atoms with E-state index >= 15 is 0 Å². The second kappa shape index (κ2) is 5.27. The van der Waals surface area contributed by atoms with Gasteiger partial charge in [-0.25, -0.2) is 0 Å². The fourth-order valence-electron chi connectivity index (χ4n) is 2.88. The van der Waals surface area contributed by atoms with E-state index in [0.29, 0.717) is 5.50 Å². The maximum Gasteiger partial charge on any atom is 0.134 e. The molecule has 1 atom stereocenters. The van der Waals surface area contributed by atoms with Gasteiger partial charge in [0, 0.05) is 38.9 Å². The van der Waals surface area contributed by atoms with Crippen LogP contribution in [0, 0.1) is 5.92 Å². The van der Waals surface area contributed by atoms with Gasteiger partial charge in [-0.3, -0.25) is 4.90 Å². The first-order valence-corrected chi connectivity index (χ1v) is 7.91. The molecule has 18 heavy (non-hydrogen) atoms. The Balaban J connectivity index is 1.56. The summed E-state index contributed by atoms with van der Waals surface area (Å²) in [6.45, 7) is 10.4. The minimum atomic E-state index is 0.536. The monoisotopic (exact) mass is 265 g/mol. The summed E-state index contributed by atoms with van der Waals surface area (Å²) < 4.78 is 0. The van der Waals surface area contributed by atoms with E-state index in [-0.39, 0.29) is 0 Å². The molecule has 0 radical (unpaired) electrons. The van der Waals surface area contributed by atoms with Gasteiger partial charge in [0.1, 0.15) is 5.50 Å². The van der Waals surface area contributed by atoms with Crippen molar-refractivity contribution in [1.29, 1.82) is 0 Å². The smallest absolute Gasteiger partial charge is 0.134 e. The molecule has 3 heterocycles. The highest BCUT2D eigenvalue weighted by molar-refractivity contribution is 8.02. The molecular formula is C14H23N3S. The molecule has 0 aromatic rings. The molecule has 100 valence electrons. The summed E-state index contributed by atoms with van der Waals surface area (Å²) in [5.41, 5.74) is 3.83. The van der Waals surface area contributed by atoms with Crippen LogP contribution in [0.5, 0.6) is 0 Å². The van der Waals surface area contributed by atoms with Gasteiger partial charge in [-0.2, -0.15) is 0 Å². The van der Waals surface area contributed by atoms with Crippen LogP contribution in [0.15, 0.2) is 22.8 Å². The van der Waals surface area contributed by atoms with E-state index < -0.39 is 0 Å². The highest BCUT2D eigenvalue weighted by Crippen LogP contribution is 2.33. The predicted molar refractivity (Wildman–Crippen MR) is 78.1 cm³/mol.